The first-order valence-corrected chi connectivity index (χ1v) is 7.56. The van der Waals surface area contributed by atoms with Crippen LogP contribution in [-0.2, 0) is 0 Å². The maximum Gasteiger partial charge on any atom is 0.0434 e. The molecule has 0 bridgehead atoms. The molecule has 3 nitrogen and oxygen atoms in total. The van der Waals surface area contributed by atoms with Crippen molar-refractivity contribution in [1.29, 1.82) is 0 Å². The Bertz CT molecular complexity index is 229. The lowest BCUT2D eigenvalue weighted by Crippen LogP contribution is -2.49. The largest absolute Gasteiger partial charge is 0.396 e. The first-order chi connectivity index (χ1) is 8.49. The molecule has 2 atom stereocenters. The van der Waals surface area contributed by atoms with Crippen molar-refractivity contribution in [1.82, 2.24) is 10.2 Å². The first-order valence-electron chi connectivity index (χ1n) is 7.56. The number of aliphatic hydroxyl groups is 1. The average molecular weight is 256 g/mol. The number of nitrogens with one attached hydrogen (secondary N) is 1. The number of likely N-dealkylation sites (tertiary alicyclic amines) is 1. The van der Waals surface area contributed by atoms with Crippen molar-refractivity contribution in [3.8, 4) is 0 Å². The van der Waals surface area contributed by atoms with Gasteiger partial charge in [-0.05, 0) is 50.6 Å². The molecule has 1 rings (SSSR count). The van der Waals surface area contributed by atoms with Gasteiger partial charge in [0.2, 0.25) is 0 Å². The summed E-state index contributed by atoms with van der Waals surface area (Å²) in [6.45, 7) is 14.1. The van der Waals surface area contributed by atoms with E-state index in [0.717, 1.165) is 19.5 Å². The Balaban J connectivity index is 2.44. The van der Waals surface area contributed by atoms with E-state index in [1.807, 2.05) is 0 Å². The van der Waals surface area contributed by atoms with Crippen molar-refractivity contribution in [2.45, 2.75) is 53.0 Å². The lowest BCUT2D eigenvalue weighted by atomic mass is 9.83. The molecule has 0 aliphatic carbocycles. The summed E-state index contributed by atoms with van der Waals surface area (Å²) in [4.78, 5) is 2.59. The molecule has 2 unspecified atom stereocenters. The van der Waals surface area contributed by atoms with E-state index >= 15 is 0 Å². The molecule has 18 heavy (non-hydrogen) atoms. The second-order valence-electron chi connectivity index (χ2n) is 6.52. The zero-order valence-electron chi connectivity index (χ0n) is 12.7. The van der Waals surface area contributed by atoms with Crippen molar-refractivity contribution in [2.75, 3.05) is 32.8 Å². The van der Waals surface area contributed by atoms with Gasteiger partial charge in [-0.2, -0.15) is 0 Å². The zero-order valence-corrected chi connectivity index (χ0v) is 12.7. The van der Waals surface area contributed by atoms with E-state index in [2.05, 4.69) is 37.9 Å². The van der Waals surface area contributed by atoms with Gasteiger partial charge in [0.05, 0.1) is 0 Å². The Labute approximate surface area is 113 Å². The predicted octanol–water partition coefficient (Wildman–Crippen LogP) is 2.10. The van der Waals surface area contributed by atoms with Gasteiger partial charge in [-0.15, -0.1) is 0 Å². The molecule has 1 saturated heterocycles. The van der Waals surface area contributed by atoms with Crippen molar-refractivity contribution in [3.63, 3.8) is 0 Å². The van der Waals surface area contributed by atoms with Crippen LogP contribution in [-0.4, -0.2) is 48.8 Å². The molecular weight excluding hydrogens is 224 g/mol. The molecule has 2 N–H and O–H groups in total. The van der Waals surface area contributed by atoms with Crippen LogP contribution in [0.2, 0.25) is 0 Å². The molecular formula is C15H32N2O. The van der Waals surface area contributed by atoms with Gasteiger partial charge in [0.1, 0.15) is 0 Å². The molecule has 0 spiro atoms. The quantitative estimate of drug-likeness (QED) is 0.732. The zero-order chi connectivity index (χ0) is 13.6. The van der Waals surface area contributed by atoms with E-state index in [1.165, 1.54) is 25.9 Å². The first kappa shape index (κ1) is 15.9. The highest BCUT2D eigenvalue weighted by Crippen LogP contribution is 2.26. The summed E-state index contributed by atoms with van der Waals surface area (Å²) in [6, 6.07) is 0.542. The molecule has 0 amide bonds. The van der Waals surface area contributed by atoms with E-state index in [-0.39, 0.29) is 0 Å². The minimum Gasteiger partial charge on any atom is -0.396 e. The summed E-state index contributed by atoms with van der Waals surface area (Å²) in [6.07, 6.45) is 3.55. The molecule has 1 aliphatic rings. The second kappa shape index (κ2) is 7.46. The molecule has 0 aromatic heterocycles. The van der Waals surface area contributed by atoms with Gasteiger partial charge < -0.3 is 15.3 Å². The Hall–Kier alpha value is -0.120. The molecule has 1 fully saturated rings. The van der Waals surface area contributed by atoms with Crippen LogP contribution in [0.3, 0.4) is 0 Å². The second-order valence-corrected chi connectivity index (χ2v) is 6.52. The number of rotatable bonds is 7. The van der Waals surface area contributed by atoms with E-state index < -0.39 is 0 Å². The molecule has 1 aliphatic heterocycles. The summed E-state index contributed by atoms with van der Waals surface area (Å²) in [7, 11) is 0. The SMILES string of the molecule is CCNC(C)C(C)(C)CN1CCCC(CCO)C1. The fraction of sp³-hybridized carbons (Fsp3) is 1.00. The Kier molecular flexibility index (Phi) is 6.61. The lowest BCUT2D eigenvalue weighted by Gasteiger charge is -2.41. The van der Waals surface area contributed by atoms with Crippen molar-refractivity contribution in [3.05, 3.63) is 0 Å². The normalized spacial score (nSPS) is 24.2. The average Bonchev–Trinajstić information content (AvgIpc) is 2.29. The van der Waals surface area contributed by atoms with Crippen LogP contribution in [0.5, 0.6) is 0 Å². The summed E-state index contributed by atoms with van der Waals surface area (Å²) < 4.78 is 0. The highest BCUT2D eigenvalue weighted by Gasteiger charge is 2.30. The van der Waals surface area contributed by atoms with Crippen LogP contribution in [0.4, 0.5) is 0 Å². The minimum absolute atomic E-state index is 0.303. The summed E-state index contributed by atoms with van der Waals surface area (Å²) in [5, 5.41) is 12.6. The topological polar surface area (TPSA) is 35.5 Å². The summed E-state index contributed by atoms with van der Waals surface area (Å²) in [5.41, 5.74) is 0.303. The van der Waals surface area contributed by atoms with Gasteiger partial charge in [-0.1, -0.05) is 20.8 Å². The predicted molar refractivity (Wildman–Crippen MR) is 77.8 cm³/mol. The van der Waals surface area contributed by atoms with E-state index in [1.54, 1.807) is 0 Å². The van der Waals surface area contributed by atoms with Crippen LogP contribution in [0.25, 0.3) is 0 Å². The van der Waals surface area contributed by atoms with Crippen LogP contribution in [0.1, 0.15) is 47.0 Å². The van der Waals surface area contributed by atoms with Crippen LogP contribution in [0, 0.1) is 11.3 Å². The van der Waals surface area contributed by atoms with Crippen LogP contribution >= 0.6 is 0 Å². The van der Waals surface area contributed by atoms with Crippen LogP contribution in [0.15, 0.2) is 0 Å². The maximum absolute atomic E-state index is 9.07. The third-order valence-electron chi connectivity index (χ3n) is 4.45. The number of nitrogens with zero attached hydrogens (tertiary/aromatic N) is 1. The maximum atomic E-state index is 9.07. The number of hydrogen-bond donors (Lipinski definition) is 2. The van der Waals surface area contributed by atoms with Gasteiger partial charge in [-0.3, -0.25) is 0 Å². The van der Waals surface area contributed by atoms with Crippen molar-refractivity contribution >= 4 is 0 Å². The van der Waals surface area contributed by atoms with E-state index in [4.69, 9.17) is 5.11 Å². The summed E-state index contributed by atoms with van der Waals surface area (Å²) in [5.74, 6) is 0.703. The van der Waals surface area contributed by atoms with Crippen molar-refractivity contribution < 1.29 is 5.11 Å². The standard InChI is InChI=1S/C15H32N2O/c1-5-16-13(2)15(3,4)12-17-9-6-7-14(11-17)8-10-18/h13-14,16,18H,5-12H2,1-4H3. The highest BCUT2D eigenvalue weighted by molar-refractivity contribution is 4.85. The van der Waals surface area contributed by atoms with Gasteiger partial charge in [-0.25, -0.2) is 0 Å². The van der Waals surface area contributed by atoms with Gasteiger partial charge in [0, 0.05) is 25.7 Å². The summed E-state index contributed by atoms with van der Waals surface area (Å²) >= 11 is 0. The number of piperidine rings is 1. The van der Waals surface area contributed by atoms with Gasteiger partial charge >= 0.3 is 0 Å². The molecule has 0 saturated carbocycles. The lowest BCUT2D eigenvalue weighted by molar-refractivity contribution is 0.0912. The molecule has 0 aromatic carbocycles. The molecule has 1 heterocycles. The van der Waals surface area contributed by atoms with Crippen LogP contribution < -0.4 is 5.32 Å². The highest BCUT2D eigenvalue weighted by atomic mass is 16.3. The van der Waals surface area contributed by atoms with Gasteiger partial charge in [0.15, 0.2) is 0 Å². The fourth-order valence-electron chi connectivity index (χ4n) is 3.01. The monoisotopic (exact) mass is 256 g/mol. The third-order valence-corrected chi connectivity index (χ3v) is 4.45. The Morgan fingerprint density at radius 1 is 1.44 bits per heavy atom. The smallest absolute Gasteiger partial charge is 0.0434 e. The molecule has 108 valence electrons. The number of hydrogen-bond acceptors (Lipinski definition) is 3. The van der Waals surface area contributed by atoms with E-state index in [0.29, 0.717) is 24.0 Å². The van der Waals surface area contributed by atoms with Crippen molar-refractivity contribution in [2.24, 2.45) is 11.3 Å². The van der Waals surface area contributed by atoms with E-state index in [9.17, 15) is 0 Å². The van der Waals surface area contributed by atoms with Gasteiger partial charge in [0.25, 0.3) is 0 Å². The molecule has 0 radical (unpaired) electrons. The fourth-order valence-corrected chi connectivity index (χ4v) is 3.01. The molecule has 3 heteroatoms. The molecule has 0 aromatic rings. The Morgan fingerprint density at radius 3 is 2.78 bits per heavy atom. The third kappa shape index (κ3) is 4.87. The Morgan fingerprint density at radius 2 is 2.17 bits per heavy atom. The minimum atomic E-state index is 0.303. The number of aliphatic hydroxyl groups excluding tert-OH is 1.